The third-order valence-electron chi connectivity index (χ3n) is 3.32. The van der Waals surface area contributed by atoms with E-state index in [4.69, 9.17) is 4.52 Å². The Morgan fingerprint density at radius 3 is 2.75 bits per heavy atom. The molecule has 1 N–H and O–H groups in total. The molecule has 0 spiro atoms. The number of anilines is 1. The minimum Gasteiger partial charge on any atom is -0.360 e. The molecule has 0 aliphatic rings. The van der Waals surface area contributed by atoms with Gasteiger partial charge < -0.3 is 14.4 Å². The van der Waals surface area contributed by atoms with Gasteiger partial charge in [-0.3, -0.25) is 4.79 Å². The van der Waals surface area contributed by atoms with Gasteiger partial charge in [0.25, 0.3) is 0 Å². The standard InChI is InChI=1S/C15H16N4O4S/c1-10-7-13(18-23-10)17-15(20)8-19-12-6-4-3-5-11(12)16-14(19)9-24(2,21)22/h3-7H,8-9H2,1-2H3,(H,17,18,20). The number of fused-ring (bicyclic) bond motifs is 1. The summed E-state index contributed by atoms with van der Waals surface area (Å²) in [6.07, 6.45) is 1.13. The Bertz CT molecular complexity index is 1000. The van der Waals surface area contributed by atoms with Gasteiger partial charge in [0.2, 0.25) is 5.91 Å². The van der Waals surface area contributed by atoms with E-state index in [9.17, 15) is 13.2 Å². The lowest BCUT2D eigenvalue weighted by molar-refractivity contribution is -0.116. The second kappa shape index (κ2) is 6.08. The van der Waals surface area contributed by atoms with Crippen LogP contribution in [0.3, 0.4) is 0 Å². The van der Waals surface area contributed by atoms with E-state index < -0.39 is 9.84 Å². The topological polar surface area (TPSA) is 107 Å². The highest BCUT2D eigenvalue weighted by Gasteiger charge is 2.17. The lowest BCUT2D eigenvalue weighted by Crippen LogP contribution is -2.21. The molecule has 0 aliphatic heterocycles. The van der Waals surface area contributed by atoms with Crippen molar-refractivity contribution in [3.05, 3.63) is 41.9 Å². The number of hydrogen-bond donors (Lipinski definition) is 1. The minimum atomic E-state index is -3.28. The van der Waals surface area contributed by atoms with Crippen LogP contribution in [0.5, 0.6) is 0 Å². The van der Waals surface area contributed by atoms with Crippen LogP contribution >= 0.6 is 0 Å². The number of rotatable bonds is 5. The SMILES string of the molecule is Cc1cc(NC(=O)Cn2c(CS(C)(=O)=O)nc3ccccc32)no1. The van der Waals surface area contributed by atoms with Crippen LogP contribution in [0.15, 0.2) is 34.9 Å². The molecule has 9 heteroatoms. The summed E-state index contributed by atoms with van der Waals surface area (Å²) in [5.41, 5.74) is 1.34. The Morgan fingerprint density at radius 1 is 1.33 bits per heavy atom. The van der Waals surface area contributed by atoms with Crippen LogP contribution in [0.1, 0.15) is 11.6 Å². The molecule has 0 atom stereocenters. The van der Waals surface area contributed by atoms with Crippen LogP contribution in [0.4, 0.5) is 5.82 Å². The quantitative estimate of drug-likeness (QED) is 0.749. The zero-order chi connectivity index (χ0) is 17.3. The number of carbonyl (C=O) groups excluding carboxylic acids is 1. The number of nitrogens with zero attached hydrogens (tertiary/aromatic N) is 3. The second-order valence-electron chi connectivity index (χ2n) is 5.54. The Hall–Kier alpha value is -2.68. The van der Waals surface area contributed by atoms with Gasteiger partial charge in [-0.15, -0.1) is 0 Å². The molecule has 1 amide bonds. The molecular weight excluding hydrogens is 332 g/mol. The van der Waals surface area contributed by atoms with E-state index in [2.05, 4.69) is 15.5 Å². The van der Waals surface area contributed by atoms with Gasteiger partial charge in [-0.25, -0.2) is 13.4 Å². The van der Waals surface area contributed by atoms with Gasteiger partial charge in [-0.1, -0.05) is 17.3 Å². The summed E-state index contributed by atoms with van der Waals surface area (Å²) >= 11 is 0. The third kappa shape index (κ3) is 3.62. The van der Waals surface area contributed by atoms with Crippen LogP contribution in [0, 0.1) is 6.92 Å². The van der Waals surface area contributed by atoms with E-state index in [-0.39, 0.29) is 18.2 Å². The summed E-state index contributed by atoms with van der Waals surface area (Å²) in [7, 11) is -3.28. The van der Waals surface area contributed by atoms with Crippen molar-refractivity contribution >= 4 is 32.6 Å². The number of imidazole rings is 1. The zero-order valence-electron chi connectivity index (χ0n) is 13.2. The molecule has 0 unspecified atom stereocenters. The van der Waals surface area contributed by atoms with E-state index in [1.165, 1.54) is 0 Å². The predicted octanol–water partition coefficient (Wildman–Crippen LogP) is 1.52. The van der Waals surface area contributed by atoms with Gasteiger partial charge in [-0.2, -0.15) is 0 Å². The molecule has 2 aromatic heterocycles. The van der Waals surface area contributed by atoms with E-state index in [1.54, 1.807) is 29.7 Å². The Balaban J connectivity index is 1.91. The number of hydrogen-bond acceptors (Lipinski definition) is 6. The minimum absolute atomic E-state index is 0.0721. The molecule has 3 rings (SSSR count). The number of aryl methyl sites for hydroxylation is 1. The van der Waals surface area contributed by atoms with E-state index in [1.807, 2.05) is 12.1 Å². The van der Waals surface area contributed by atoms with Crippen molar-refractivity contribution in [3.63, 3.8) is 0 Å². The molecule has 0 bridgehead atoms. The van der Waals surface area contributed by atoms with Crippen molar-refractivity contribution in [2.75, 3.05) is 11.6 Å². The van der Waals surface area contributed by atoms with Gasteiger partial charge in [-0.05, 0) is 19.1 Å². The van der Waals surface area contributed by atoms with E-state index in [0.29, 0.717) is 28.4 Å². The van der Waals surface area contributed by atoms with Crippen LogP contribution in [0.25, 0.3) is 11.0 Å². The van der Waals surface area contributed by atoms with Crippen LogP contribution in [-0.4, -0.2) is 35.3 Å². The number of aromatic nitrogens is 3. The number of benzene rings is 1. The summed E-state index contributed by atoms with van der Waals surface area (Å²) in [5, 5.41) is 6.32. The molecule has 0 saturated carbocycles. The maximum Gasteiger partial charge on any atom is 0.245 e. The van der Waals surface area contributed by atoms with Crippen molar-refractivity contribution in [2.24, 2.45) is 0 Å². The fourth-order valence-electron chi connectivity index (χ4n) is 2.40. The number of nitrogens with one attached hydrogen (secondary N) is 1. The molecular formula is C15H16N4O4S. The highest BCUT2D eigenvalue weighted by atomic mass is 32.2. The van der Waals surface area contributed by atoms with Gasteiger partial charge in [0.15, 0.2) is 15.7 Å². The molecule has 0 aliphatic carbocycles. The van der Waals surface area contributed by atoms with Crippen LogP contribution < -0.4 is 5.32 Å². The largest absolute Gasteiger partial charge is 0.360 e. The van der Waals surface area contributed by atoms with Crippen LogP contribution in [0.2, 0.25) is 0 Å². The van der Waals surface area contributed by atoms with Crippen molar-refractivity contribution in [2.45, 2.75) is 19.2 Å². The summed E-state index contributed by atoms with van der Waals surface area (Å²) < 4.78 is 29.8. The third-order valence-corrected chi connectivity index (χ3v) is 4.10. The van der Waals surface area contributed by atoms with Gasteiger partial charge in [0.1, 0.15) is 23.9 Å². The number of carbonyl (C=O) groups is 1. The van der Waals surface area contributed by atoms with E-state index >= 15 is 0 Å². The molecule has 126 valence electrons. The number of amides is 1. The van der Waals surface area contributed by atoms with Gasteiger partial charge in [0, 0.05) is 12.3 Å². The molecule has 8 nitrogen and oxygen atoms in total. The molecule has 0 fully saturated rings. The monoisotopic (exact) mass is 348 g/mol. The first-order valence-corrected chi connectivity index (χ1v) is 9.23. The first kappa shape index (κ1) is 16.2. The fourth-order valence-corrected chi connectivity index (χ4v) is 3.09. The highest BCUT2D eigenvalue weighted by molar-refractivity contribution is 7.89. The fraction of sp³-hybridized carbons (Fsp3) is 0.267. The van der Waals surface area contributed by atoms with Crippen molar-refractivity contribution in [3.8, 4) is 0 Å². The average Bonchev–Trinajstić information content (AvgIpc) is 3.02. The normalized spacial score (nSPS) is 11.8. The molecule has 24 heavy (non-hydrogen) atoms. The average molecular weight is 348 g/mol. The lowest BCUT2D eigenvalue weighted by Gasteiger charge is -2.08. The molecule has 3 aromatic rings. The van der Waals surface area contributed by atoms with Gasteiger partial charge in [0.05, 0.1) is 11.0 Å². The van der Waals surface area contributed by atoms with Crippen molar-refractivity contribution < 1.29 is 17.7 Å². The number of sulfone groups is 1. The molecule has 1 aromatic carbocycles. The van der Waals surface area contributed by atoms with Crippen molar-refractivity contribution in [1.29, 1.82) is 0 Å². The molecule has 0 radical (unpaired) electrons. The van der Waals surface area contributed by atoms with Crippen LogP contribution in [-0.2, 0) is 26.9 Å². The number of para-hydroxylation sites is 2. The summed E-state index contributed by atoms with van der Waals surface area (Å²) in [6, 6.07) is 8.78. The molecule has 0 saturated heterocycles. The Labute approximate surface area is 138 Å². The Kier molecular flexibility index (Phi) is 4.10. The predicted molar refractivity (Wildman–Crippen MR) is 88.2 cm³/mol. The summed E-state index contributed by atoms with van der Waals surface area (Å²) in [5.74, 6) is 0.631. The maximum atomic E-state index is 12.3. The smallest absolute Gasteiger partial charge is 0.245 e. The Morgan fingerprint density at radius 2 is 2.08 bits per heavy atom. The summed E-state index contributed by atoms with van der Waals surface area (Å²) in [6.45, 7) is 1.65. The maximum absolute atomic E-state index is 12.3. The first-order valence-electron chi connectivity index (χ1n) is 7.17. The highest BCUT2D eigenvalue weighted by Crippen LogP contribution is 2.18. The lowest BCUT2D eigenvalue weighted by atomic mass is 10.3. The van der Waals surface area contributed by atoms with E-state index in [0.717, 1.165) is 6.26 Å². The summed E-state index contributed by atoms with van der Waals surface area (Å²) in [4.78, 5) is 16.6. The zero-order valence-corrected chi connectivity index (χ0v) is 14.0. The molecule has 2 heterocycles. The first-order chi connectivity index (χ1) is 11.3. The van der Waals surface area contributed by atoms with Crippen molar-refractivity contribution in [1.82, 2.24) is 14.7 Å². The second-order valence-corrected chi connectivity index (χ2v) is 7.68. The van der Waals surface area contributed by atoms with Gasteiger partial charge >= 0.3 is 0 Å².